The van der Waals surface area contributed by atoms with Crippen molar-refractivity contribution in [3.05, 3.63) is 0 Å². The quantitative estimate of drug-likeness (QED) is 0.353. The molecule has 0 heterocycles. The molecule has 0 fully saturated rings. The molecule has 0 aromatic carbocycles. The highest BCUT2D eigenvalue weighted by Gasteiger charge is 2.09. The summed E-state index contributed by atoms with van der Waals surface area (Å²) in [5.41, 5.74) is 0. The van der Waals surface area contributed by atoms with Crippen LogP contribution in [0.25, 0.3) is 0 Å². The van der Waals surface area contributed by atoms with Crippen molar-refractivity contribution in [3.8, 4) is 0 Å². The Hall–Kier alpha value is -0.530. The first-order valence-corrected chi connectivity index (χ1v) is 9.34. The summed E-state index contributed by atoms with van der Waals surface area (Å²) in [5.74, 6) is 0.121. The van der Waals surface area contributed by atoms with Crippen LogP contribution in [0.4, 0.5) is 0 Å². The van der Waals surface area contributed by atoms with E-state index in [1.807, 2.05) is 6.92 Å². The first kappa shape index (κ1) is 20.5. The third kappa shape index (κ3) is 12.9. The molecule has 0 saturated carbocycles. The van der Waals surface area contributed by atoms with E-state index >= 15 is 0 Å². The highest BCUT2D eigenvalue weighted by Crippen LogP contribution is 2.21. The molecule has 126 valence electrons. The van der Waals surface area contributed by atoms with Gasteiger partial charge in [0.25, 0.3) is 0 Å². The summed E-state index contributed by atoms with van der Waals surface area (Å²) in [4.78, 5) is 10.7. The summed E-state index contributed by atoms with van der Waals surface area (Å²) in [6, 6.07) is 0. The first-order valence-electron chi connectivity index (χ1n) is 9.34. The summed E-state index contributed by atoms with van der Waals surface area (Å²) in [6.45, 7) is 6.42. The normalized spacial score (nSPS) is 14.0. The lowest BCUT2D eigenvalue weighted by molar-refractivity contribution is -0.141. The van der Waals surface area contributed by atoms with Gasteiger partial charge < -0.3 is 5.11 Å². The predicted octanol–water partition coefficient (Wildman–Crippen LogP) is 6.43. The molecule has 2 heteroatoms. The number of hydrogen-bond acceptors (Lipinski definition) is 1. The minimum Gasteiger partial charge on any atom is -0.481 e. The monoisotopic (exact) mass is 298 g/mol. The van der Waals surface area contributed by atoms with Gasteiger partial charge in [-0.3, -0.25) is 4.79 Å². The molecule has 0 amide bonds. The summed E-state index contributed by atoms with van der Waals surface area (Å²) < 4.78 is 0. The Bertz CT molecular complexity index is 238. The number of carboxylic acid groups (broad SMARTS) is 1. The maximum atomic E-state index is 10.7. The average Bonchev–Trinajstić information content (AvgIpc) is 2.47. The van der Waals surface area contributed by atoms with Crippen molar-refractivity contribution < 1.29 is 9.90 Å². The van der Waals surface area contributed by atoms with Gasteiger partial charge in [0.1, 0.15) is 0 Å². The van der Waals surface area contributed by atoms with Crippen molar-refractivity contribution in [1.29, 1.82) is 0 Å². The molecular formula is C19H38O2. The van der Waals surface area contributed by atoms with Crippen molar-refractivity contribution in [3.63, 3.8) is 0 Å². The van der Waals surface area contributed by atoms with Crippen LogP contribution in [0.3, 0.4) is 0 Å². The van der Waals surface area contributed by atoms with Crippen LogP contribution in [0.15, 0.2) is 0 Å². The summed E-state index contributed by atoms with van der Waals surface area (Å²) >= 11 is 0. The Morgan fingerprint density at radius 3 is 1.76 bits per heavy atom. The number of rotatable bonds is 15. The van der Waals surface area contributed by atoms with Crippen molar-refractivity contribution in [2.45, 2.75) is 104 Å². The molecule has 2 atom stereocenters. The van der Waals surface area contributed by atoms with Gasteiger partial charge in [0, 0.05) is 0 Å². The molecule has 0 saturated heterocycles. The zero-order chi connectivity index (χ0) is 15.9. The highest BCUT2D eigenvalue weighted by atomic mass is 16.4. The molecule has 0 aliphatic carbocycles. The Morgan fingerprint density at radius 2 is 1.29 bits per heavy atom. The van der Waals surface area contributed by atoms with Gasteiger partial charge in [-0.05, 0) is 12.3 Å². The van der Waals surface area contributed by atoms with Crippen molar-refractivity contribution in [1.82, 2.24) is 0 Å². The Balaban J connectivity index is 3.40. The van der Waals surface area contributed by atoms with Gasteiger partial charge >= 0.3 is 5.97 Å². The van der Waals surface area contributed by atoms with Crippen molar-refractivity contribution in [2.24, 2.45) is 11.8 Å². The maximum Gasteiger partial charge on any atom is 0.306 e. The van der Waals surface area contributed by atoms with Gasteiger partial charge in [-0.15, -0.1) is 0 Å². The fourth-order valence-electron chi connectivity index (χ4n) is 2.95. The summed E-state index contributed by atoms with van der Waals surface area (Å²) in [5, 5.41) is 8.82. The van der Waals surface area contributed by atoms with E-state index in [1.165, 1.54) is 70.6 Å². The average molecular weight is 299 g/mol. The number of aliphatic carboxylic acids is 1. The highest BCUT2D eigenvalue weighted by molar-refractivity contribution is 5.69. The number of carboxylic acids is 1. The van der Waals surface area contributed by atoms with Crippen molar-refractivity contribution >= 4 is 5.97 Å². The molecule has 0 aromatic rings. The molecule has 0 aliphatic rings. The Kier molecular flexibility index (Phi) is 14.0. The molecule has 1 N–H and O–H groups in total. The topological polar surface area (TPSA) is 37.3 Å². The molecule has 0 bridgehead atoms. The van der Waals surface area contributed by atoms with E-state index < -0.39 is 5.97 Å². The molecular weight excluding hydrogens is 260 g/mol. The van der Waals surface area contributed by atoms with Crippen LogP contribution in [-0.4, -0.2) is 11.1 Å². The molecule has 2 unspecified atom stereocenters. The first-order chi connectivity index (χ1) is 10.1. The van der Waals surface area contributed by atoms with Crippen LogP contribution in [-0.2, 0) is 4.79 Å². The Labute approximate surface area is 132 Å². The summed E-state index contributed by atoms with van der Waals surface area (Å²) in [7, 11) is 0. The lowest BCUT2D eigenvalue weighted by atomic mass is 9.92. The van der Waals surface area contributed by atoms with E-state index in [0.29, 0.717) is 0 Å². The second kappa shape index (κ2) is 14.4. The van der Waals surface area contributed by atoms with Crippen LogP contribution in [0.1, 0.15) is 104 Å². The van der Waals surface area contributed by atoms with E-state index in [1.54, 1.807) is 0 Å². The maximum absolute atomic E-state index is 10.7. The molecule has 0 radical (unpaired) electrons. The molecule has 0 aliphatic heterocycles. The van der Waals surface area contributed by atoms with E-state index in [2.05, 4.69) is 13.8 Å². The van der Waals surface area contributed by atoms with Crippen LogP contribution < -0.4 is 0 Å². The van der Waals surface area contributed by atoms with Crippen LogP contribution in [0.2, 0.25) is 0 Å². The van der Waals surface area contributed by atoms with Crippen LogP contribution >= 0.6 is 0 Å². The van der Waals surface area contributed by atoms with Crippen molar-refractivity contribution in [2.75, 3.05) is 0 Å². The third-order valence-corrected chi connectivity index (χ3v) is 4.71. The van der Waals surface area contributed by atoms with Gasteiger partial charge in [-0.25, -0.2) is 0 Å². The zero-order valence-corrected chi connectivity index (χ0v) is 14.7. The number of unbranched alkanes of at least 4 members (excludes halogenated alkanes) is 7. The fraction of sp³-hybridized carbons (Fsp3) is 0.947. The largest absolute Gasteiger partial charge is 0.481 e. The minimum absolute atomic E-state index is 0.169. The fourth-order valence-corrected chi connectivity index (χ4v) is 2.95. The van der Waals surface area contributed by atoms with E-state index in [-0.39, 0.29) is 5.92 Å². The third-order valence-electron chi connectivity index (χ3n) is 4.71. The second-order valence-corrected chi connectivity index (χ2v) is 6.71. The molecule has 0 spiro atoms. The van der Waals surface area contributed by atoms with Gasteiger partial charge in [-0.1, -0.05) is 97.8 Å². The van der Waals surface area contributed by atoms with Gasteiger partial charge in [0.15, 0.2) is 0 Å². The van der Waals surface area contributed by atoms with E-state index in [9.17, 15) is 4.79 Å². The number of carbonyl (C=O) groups is 1. The zero-order valence-electron chi connectivity index (χ0n) is 14.7. The minimum atomic E-state index is -0.649. The van der Waals surface area contributed by atoms with Crippen LogP contribution in [0, 0.1) is 11.8 Å². The van der Waals surface area contributed by atoms with Gasteiger partial charge in [0.2, 0.25) is 0 Å². The number of hydrogen-bond donors (Lipinski definition) is 1. The molecule has 2 nitrogen and oxygen atoms in total. The lowest BCUT2D eigenvalue weighted by Gasteiger charge is -2.14. The Morgan fingerprint density at radius 1 is 0.810 bits per heavy atom. The molecule has 21 heavy (non-hydrogen) atoms. The standard InChI is InChI=1S/C19H38O2/c1-4-6-7-12-15-18(5-2)16-13-10-8-9-11-14-17(3)19(20)21/h17-18H,4-16H2,1-3H3,(H,20,21). The van der Waals surface area contributed by atoms with Gasteiger partial charge in [0.05, 0.1) is 5.92 Å². The van der Waals surface area contributed by atoms with Crippen LogP contribution in [0.5, 0.6) is 0 Å². The predicted molar refractivity (Wildman–Crippen MR) is 91.7 cm³/mol. The smallest absolute Gasteiger partial charge is 0.306 e. The van der Waals surface area contributed by atoms with E-state index in [0.717, 1.165) is 18.8 Å². The van der Waals surface area contributed by atoms with Gasteiger partial charge in [-0.2, -0.15) is 0 Å². The lowest BCUT2D eigenvalue weighted by Crippen LogP contribution is -2.08. The van der Waals surface area contributed by atoms with E-state index in [4.69, 9.17) is 5.11 Å². The SMILES string of the molecule is CCCCCCC(CC)CCCCCCCC(C)C(=O)O. The molecule has 0 aromatic heterocycles. The second-order valence-electron chi connectivity index (χ2n) is 6.71. The molecule has 0 rings (SSSR count). The summed E-state index contributed by atoms with van der Waals surface area (Å²) in [6.07, 6.45) is 16.8.